The molecule has 0 amide bonds. The molecule has 0 bridgehead atoms. The number of fused-ring (bicyclic) bond motifs is 8. The second-order valence-corrected chi connectivity index (χ2v) is 13.3. The first-order valence-electron chi connectivity index (χ1n) is 16.1. The van der Waals surface area contributed by atoms with E-state index >= 15 is 0 Å². The Morgan fingerprint density at radius 2 is 1.23 bits per heavy atom. The first-order valence-corrected chi connectivity index (χ1v) is 16.1. The molecule has 0 N–H and O–H groups in total. The number of para-hydroxylation sites is 1. The van der Waals surface area contributed by atoms with Gasteiger partial charge in [0.05, 0.1) is 25.3 Å². The summed E-state index contributed by atoms with van der Waals surface area (Å²) < 4.78 is 20.9. The first kappa shape index (κ1) is 29.0. The van der Waals surface area contributed by atoms with Crippen molar-refractivity contribution in [1.29, 1.82) is 0 Å². The molecule has 2 heterocycles. The molecule has 4 nitrogen and oxygen atoms in total. The van der Waals surface area contributed by atoms with Gasteiger partial charge in [-0.3, -0.25) is 0 Å². The minimum absolute atomic E-state index is 0.0141. The summed E-state index contributed by atoms with van der Waals surface area (Å²) in [5.41, 5.74) is 6.94. The summed E-state index contributed by atoms with van der Waals surface area (Å²) in [5.74, 6) is 2.46. The quantitative estimate of drug-likeness (QED) is 0.193. The van der Waals surface area contributed by atoms with Gasteiger partial charge in [-0.05, 0) is 71.0 Å². The van der Waals surface area contributed by atoms with Gasteiger partial charge in [-0.2, -0.15) is 0 Å². The minimum atomic E-state index is -0.884. The molecule has 0 spiro atoms. The van der Waals surface area contributed by atoms with Crippen LogP contribution in [-0.4, -0.2) is 18.8 Å². The van der Waals surface area contributed by atoms with Crippen molar-refractivity contribution in [2.24, 2.45) is 0 Å². The first-order chi connectivity index (χ1) is 22.8. The SMILES string of the molecule is COc1ccc(C2(c3ccc(OC)cc3)C=Cc3c(c4ccccc4c4c5ccccc5n(-c5cccc(C(C)(C)C)c5)c34)O2)cc1. The van der Waals surface area contributed by atoms with Gasteiger partial charge >= 0.3 is 0 Å². The van der Waals surface area contributed by atoms with E-state index in [4.69, 9.17) is 14.2 Å². The van der Waals surface area contributed by atoms with Crippen LogP contribution in [0.5, 0.6) is 17.2 Å². The predicted molar refractivity (Wildman–Crippen MR) is 193 cm³/mol. The number of aromatic nitrogens is 1. The number of rotatable bonds is 5. The molecule has 6 aromatic carbocycles. The molecule has 0 saturated heterocycles. The smallest absolute Gasteiger partial charge is 0.178 e. The van der Waals surface area contributed by atoms with Crippen molar-refractivity contribution in [3.05, 3.63) is 150 Å². The van der Waals surface area contributed by atoms with Crippen molar-refractivity contribution in [2.45, 2.75) is 31.8 Å². The second kappa shape index (κ2) is 10.8. The van der Waals surface area contributed by atoms with Crippen molar-refractivity contribution in [1.82, 2.24) is 4.57 Å². The standard InChI is InChI=1S/C43H37NO3/c1-42(2,3)30-11-10-12-31(27-30)44-38-16-9-8-15-36(38)39-34-13-6-7-14-35(34)41-37(40(39)44)25-26-43(47-41,28-17-21-32(45-4)22-18-28)29-19-23-33(46-5)24-20-29/h6-27H,1-5H3. The molecule has 8 rings (SSSR count). The highest BCUT2D eigenvalue weighted by atomic mass is 16.5. The van der Waals surface area contributed by atoms with Gasteiger partial charge in [0.25, 0.3) is 0 Å². The molecule has 47 heavy (non-hydrogen) atoms. The van der Waals surface area contributed by atoms with Gasteiger partial charge in [0.1, 0.15) is 17.2 Å². The number of methoxy groups -OCH3 is 2. The van der Waals surface area contributed by atoms with E-state index in [1.807, 2.05) is 24.3 Å². The van der Waals surface area contributed by atoms with Crippen molar-refractivity contribution in [3.63, 3.8) is 0 Å². The topological polar surface area (TPSA) is 32.6 Å². The summed E-state index contributed by atoms with van der Waals surface area (Å²) in [6.45, 7) is 6.80. The van der Waals surface area contributed by atoms with Crippen LogP contribution in [0, 0.1) is 0 Å². The van der Waals surface area contributed by atoms with E-state index in [-0.39, 0.29) is 5.41 Å². The lowest BCUT2D eigenvalue weighted by atomic mass is 9.82. The second-order valence-electron chi connectivity index (χ2n) is 13.3. The Hall–Kier alpha value is -5.48. The molecule has 1 aromatic heterocycles. The highest BCUT2D eigenvalue weighted by Crippen LogP contribution is 2.51. The van der Waals surface area contributed by atoms with Crippen molar-refractivity contribution in [2.75, 3.05) is 14.2 Å². The Morgan fingerprint density at radius 3 is 1.85 bits per heavy atom. The summed E-state index contributed by atoms with van der Waals surface area (Å²) in [4.78, 5) is 0. The fraction of sp³-hybridized carbons (Fsp3) is 0.163. The zero-order valence-corrected chi connectivity index (χ0v) is 27.4. The average molecular weight is 616 g/mol. The van der Waals surface area contributed by atoms with Crippen LogP contribution in [0.15, 0.2) is 127 Å². The summed E-state index contributed by atoms with van der Waals surface area (Å²) in [5, 5.41) is 4.69. The third kappa shape index (κ3) is 4.51. The van der Waals surface area contributed by atoms with Gasteiger partial charge in [0.2, 0.25) is 0 Å². The van der Waals surface area contributed by atoms with Crippen LogP contribution in [0.25, 0.3) is 44.3 Å². The maximum Gasteiger partial charge on any atom is 0.178 e. The molecule has 0 radical (unpaired) electrons. The minimum Gasteiger partial charge on any atom is -0.497 e. The maximum atomic E-state index is 7.44. The third-order valence-electron chi connectivity index (χ3n) is 9.57. The predicted octanol–water partition coefficient (Wildman–Crippen LogP) is 10.6. The molecule has 7 aromatic rings. The van der Waals surface area contributed by atoms with Crippen LogP contribution in [0.4, 0.5) is 0 Å². The molecule has 0 aliphatic carbocycles. The molecule has 232 valence electrons. The number of hydrogen-bond acceptors (Lipinski definition) is 3. The van der Waals surface area contributed by atoms with E-state index in [2.05, 4.69) is 135 Å². The number of hydrogen-bond donors (Lipinski definition) is 0. The zero-order valence-electron chi connectivity index (χ0n) is 27.4. The lowest BCUT2D eigenvalue weighted by Gasteiger charge is -2.37. The molecule has 1 aliphatic rings. The van der Waals surface area contributed by atoms with Crippen molar-refractivity contribution < 1.29 is 14.2 Å². The van der Waals surface area contributed by atoms with E-state index in [1.54, 1.807) is 14.2 Å². The van der Waals surface area contributed by atoms with Crippen molar-refractivity contribution in [3.8, 4) is 22.9 Å². The van der Waals surface area contributed by atoms with E-state index < -0.39 is 5.60 Å². The average Bonchev–Trinajstić information content (AvgIpc) is 3.47. The molecule has 4 heteroatoms. The lowest BCUT2D eigenvalue weighted by molar-refractivity contribution is 0.163. The van der Waals surface area contributed by atoms with E-state index in [0.717, 1.165) is 55.9 Å². The summed E-state index contributed by atoms with van der Waals surface area (Å²) in [7, 11) is 3.38. The molecule has 0 saturated carbocycles. The highest BCUT2D eigenvalue weighted by Gasteiger charge is 2.39. The monoisotopic (exact) mass is 615 g/mol. The van der Waals surface area contributed by atoms with Crippen LogP contribution in [0.1, 0.15) is 43.0 Å². The van der Waals surface area contributed by atoms with Crippen LogP contribution < -0.4 is 14.2 Å². The fourth-order valence-corrected chi connectivity index (χ4v) is 7.11. The van der Waals surface area contributed by atoms with E-state index in [9.17, 15) is 0 Å². The van der Waals surface area contributed by atoms with Gasteiger partial charge in [0, 0.05) is 38.5 Å². The lowest BCUT2D eigenvalue weighted by Crippen LogP contribution is -2.34. The molecule has 1 aliphatic heterocycles. The van der Waals surface area contributed by atoms with Gasteiger partial charge in [-0.25, -0.2) is 0 Å². The fourth-order valence-electron chi connectivity index (χ4n) is 7.11. The third-order valence-corrected chi connectivity index (χ3v) is 9.57. The largest absolute Gasteiger partial charge is 0.497 e. The Morgan fingerprint density at radius 1 is 0.638 bits per heavy atom. The molecule has 0 fully saturated rings. The van der Waals surface area contributed by atoms with Gasteiger partial charge in [-0.1, -0.05) is 99.6 Å². The van der Waals surface area contributed by atoms with Crippen LogP contribution in [0.2, 0.25) is 0 Å². The van der Waals surface area contributed by atoms with E-state index in [0.29, 0.717) is 0 Å². The highest BCUT2D eigenvalue weighted by molar-refractivity contribution is 6.25. The molecular formula is C43H37NO3. The number of ether oxygens (including phenoxy) is 3. The summed E-state index contributed by atoms with van der Waals surface area (Å²) in [6, 6.07) is 42.7. The number of benzene rings is 6. The Balaban J connectivity index is 1.47. The maximum absolute atomic E-state index is 7.44. The molecular weight excluding hydrogens is 578 g/mol. The Kier molecular flexibility index (Phi) is 6.66. The molecule has 0 unspecified atom stereocenters. The Bertz CT molecular complexity index is 2270. The molecule has 0 atom stereocenters. The summed E-state index contributed by atoms with van der Waals surface area (Å²) >= 11 is 0. The van der Waals surface area contributed by atoms with Crippen LogP contribution >= 0.6 is 0 Å². The zero-order chi connectivity index (χ0) is 32.3. The normalized spacial score (nSPS) is 13.9. The van der Waals surface area contributed by atoms with Gasteiger partial charge in [-0.15, -0.1) is 0 Å². The van der Waals surface area contributed by atoms with Crippen LogP contribution in [-0.2, 0) is 11.0 Å². The van der Waals surface area contributed by atoms with E-state index in [1.165, 1.54) is 21.9 Å². The summed E-state index contributed by atoms with van der Waals surface area (Å²) in [6.07, 6.45) is 4.48. The number of nitrogens with zero attached hydrogens (tertiary/aromatic N) is 1. The van der Waals surface area contributed by atoms with Gasteiger partial charge < -0.3 is 18.8 Å². The Labute approximate surface area is 275 Å². The van der Waals surface area contributed by atoms with Gasteiger partial charge in [0.15, 0.2) is 5.60 Å². The van der Waals surface area contributed by atoms with Crippen molar-refractivity contribution >= 4 is 38.7 Å². The van der Waals surface area contributed by atoms with Crippen LogP contribution in [0.3, 0.4) is 0 Å².